The third-order valence-electron chi connectivity index (χ3n) is 6.70. The largest absolute Gasteiger partial charge is 0.397 e. The summed E-state index contributed by atoms with van der Waals surface area (Å²) in [6.07, 6.45) is 3.38. The molecule has 0 radical (unpaired) electrons. The van der Waals surface area contributed by atoms with Gasteiger partial charge in [-0.2, -0.15) is 0 Å². The van der Waals surface area contributed by atoms with Gasteiger partial charge < -0.3 is 26.0 Å². The molecule has 2 heterocycles. The number of morpholine rings is 1. The van der Waals surface area contributed by atoms with E-state index >= 15 is 0 Å². The number of nitrogens with one attached hydrogen (secondary N) is 2. The van der Waals surface area contributed by atoms with E-state index in [4.69, 9.17) is 10.5 Å². The minimum absolute atomic E-state index is 0.0683. The van der Waals surface area contributed by atoms with Crippen molar-refractivity contribution in [2.24, 2.45) is 0 Å². The van der Waals surface area contributed by atoms with Crippen LogP contribution in [0.5, 0.6) is 0 Å². The predicted octanol–water partition coefficient (Wildman–Crippen LogP) is 4.27. The normalized spacial score (nSPS) is 13.4. The Kier molecular flexibility index (Phi) is 10.2. The molecular weight excluding hydrogens is 508 g/mol. The fourth-order valence-corrected chi connectivity index (χ4v) is 4.40. The highest BCUT2D eigenvalue weighted by molar-refractivity contribution is 6.04. The van der Waals surface area contributed by atoms with Gasteiger partial charge in [0.05, 0.1) is 24.6 Å². The summed E-state index contributed by atoms with van der Waals surface area (Å²) in [5.41, 5.74) is 9.03. The number of nitrogens with two attached hydrogens (primary N) is 1. The Balaban J connectivity index is 1.40. The van der Waals surface area contributed by atoms with Crippen LogP contribution in [0.15, 0.2) is 66.9 Å². The van der Waals surface area contributed by atoms with Crippen molar-refractivity contribution in [2.75, 3.05) is 55.8 Å². The number of para-hydroxylation sites is 2. The second-order valence-corrected chi connectivity index (χ2v) is 9.74. The number of nitrogens with zero attached hydrogens (tertiary/aromatic N) is 3. The number of unbranched alkanes of at least 4 members (excludes halogenated alkanes) is 1. The molecule has 210 valence electrons. The predicted molar refractivity (Wildman–Crippen MR) is 155 cm³/mol. The first kappa shape index (κ1) is 28.7. The Bertz CT molecular complexity index is 1310. The first-order chi connectivity index (χ1) is 19.4. The molecule has 0 bridgehead atoms. The van der Waals surface area contributed by atoms with Crippen molar-refractivity contribution in [3.63, 3.8) is 0 Å². The summed E-state index contributed by atoms with van der Waals surface area (Å²) in [6, 6.07) is 17.1. The smallest absolute Gasteiger partial charge is 0.322 e. The Morgan fingerprint density at radius 1 is 1.00 bits per heavy atom. The van der Waals surface area contributed by atoms with Crippen molar-refractivity contribution < 1.29 is 19.1 Å². The van der Waals surface area contributed by atoms with Gasteiger partial charge in [0.25, 0.3) is 5.91 Å². The number of carbonyl (C=O) groups is 3. The van der Waals surface area contributed by atoms with Crippen molar-refractivity contribution in [3.8, 4) is 0 Å². The number of pyridine rings is 1. The van der Waals surface area contributed by atoms with Gasteiger partial charge in [0.15, 0.2) is 5.78 Å². The molecule has 0 spiro atoms. The molecular formula is C30H36N6O4. The molecule has 4 N–H and O–H groups in total. The Labute approximate surface area is 234 Å². The van der Waals surface area contributed by atoms with E-state index in [0.29, 0.717) is 35.7 Å². The topological polar surface area (TPSA) is 130 Å². The highest BCUT2D eigenvalue weighted by Crippen LogP contribution is 2.18. The first-order valence-electron chi connectivity index (χ1n) is 13.5. The number of ketones is 1. The molecule has 10 heteroatoms. The van der Waals surface area contributed by atoms with Crippen molar-refractivity contribution in [2.45, 2.75) is 26.3 Å². The van der Waals surface area contributed by atoms with Crippen molar-refractivity contribution in [3.05, 3.63) is 83.7 Å². The molecule has 3 amide bonds. The lowest BCUT2D eigenvalue weighted by Gasteiger charge is -2.27. The molecule has 1 aliphatic heterocycles. The summed E-state index contributed by atoms with van der Waals surface area (Å²) >= 11 is 0. The minimum Gasteiger partial charge on any atom is -0.397 e. The maximum absolute atomic E-state index is 13.3. The van der Waals surface area contributed by atoms with Gasteiger partial charge in [-0.1, -0.05) is 30.3 Å². The van der Waals surface area contributed by atoms with Crippen LogP contribution in [0.3, 0.4) is 0 Å². The SMILES string of the molecule is CC(=O)c1cccc(NC(=O)N(CCCCN2CCOCC2)Cc2ccc(C(=O)Nc3ccccc3N)nc2)c1. The Morgan fingerprint density at radius 3 is 2.52 bits per heavy atom. The van der Waals surface area contributed by atoms with Gasteiger partial charge in [0.1, 0.15) is 5.69 Å². The van der Waals surface area contributed by atoms with Crippen LogP contribution in [0.25, 0.3) is 0 Å². The van der Waals surface area contributed by atoms with Crippen LogP contribution in [0, 0.1) is 0 Å². The van der Waals surface area contributed by atoms with Crippen molar-refractivity contribution >= 4 is 34.8 Å². The van der Waals surface area contributed by atoms with Gasteiger partial charge in [-0.05, 0) is 62.2 Å². The van der Waals surface area contributed by atoms with Gasteiger partial charge in [-0.15, -0.1) is 0 Å². The van der Waals surface area contributed by atoms with Crippen LogP contribution in [0.2, 0.25) is 0 Å². The van der Waals surface area contributed by atoms with Crippen LogP contribution in [0.1, 0.15) is 46.2 Å². The van der Waals surface area contributed by atoms with E-state index in [0.717, 1.165) is 51.3 Å². The average molecular weight is 545 g/mol. The molecule has 0 saturated carbocycles. The lowest BCUT2D eigenvalue weighted by atomic mass is 10.1. The maximum atomic E-state index is 13.3. The van der Waals surface area contributed by atoms with E-state index in [1.54, 1.807) is 71.8 Å². The van der Waals surface area contributed by atoms with Crippen LogP contribution in [-0.2, 0) is 11.3 Å². The molecule has 40 heavy (non-hydrogen) atoms. The number of rotatable bonds is 11. The summed E-state index contributed by atoms with van der Waals surface area (Å²) in [5.74, 6) is -0.436. The third kappa shape index (κ3) is 8.36. The molecule has 4 rings (SSSR count). The summed E-state index contributed by atoms with van der Waals surface area (Å²) in [7, 11) is 0. The minimum atomic E-state index is -0.368. The van der Waals surface area contributed by atoms with Gasteiger partial charge in [-0.3, -0.25) is 19.5 Å². The molecule has 1 saturated heterocycles. The van der Waals surface area contributed by atoms with Crippen LogP contribution >= 0.6 is 0 Å². The number of nitrogen functional groups attached to an aromatic ring is 1. The maximum Gasteiger partial charge on any atom is 0.322 e. The number of carbonyl (C=O) groups excluding carboxylic acids is 3. The van der Waals surface area contributed by atoms with E-state index in [1.165, 1.54) is 6.92 Å². The highest BCUT2D eigenvalue weighted by atomic mass is 16.5. The number of amides is 3. The standard InChI is InChI=1S/C30H36N6O4/c1-22(37)24-7-6-8-25(19-24)33-30(39)36(14-5-4-13-35-15-17-40-18-16-35)21-23-11-12-28(32-20-23)29(38)34-27-10-3-2-9-26(27)31/h2-3,6-12,19-20H,4-5,13-18,21,31H2,1H3,(H,33,39)(H,34,38). The van der Waals surface area contributed by atoms with Gasteiger partial charge in [0, 0.05) is 43.6 Å². The number of aromatic nitrogens is 1. The number of ether oxygens (including phenoxy) is 1. The van der Waals surface area contributed by atoms with Crippen LogP contribution in [-0.4, -0.2) is 71.9 Å². The Hall–Kier alpha value is -4.28. The van der Waals surface area contributed by atoms with Gasteiger partial charge in [0.2, 0.25) is 0 Å². The average Bonchev–Trinajstić information content (AvgIpc) is 2.96. The van der Waals surface area contributed by atoms with Crippen LogP contribution in [0.4, 0.5) is 21.9 Å². The number of hydrogen-bond donors (Lipinski definition) is 3. The molecule has 3 aromatic rings. The number of hydrogen-bond acceptors (Lipinski definition) is 7. The number of urea groups is 1. The second-order valence-electron chi connectivity index (χ2n) is 9.74. The van der Waals surface area contributed by atoms with E-state index in [-0.39, 0.29) is 23.4 Å². The molecule has 10 nitrogen and oxygen atoms in total. The molecule has 0 atom stereocenters. The van der Waals surface area contributed by atoms with E-state index in [1.807, 2.05) is 0 Å². The van der Waals surface area contributed by atoms with E-state index < -0.39 is 0 Å². The summed E-state index contributed by atoms with van der Waals surface area (Å²) in [4.78, 5) is 46.2. The monoisotopic (exact) mass is 544 g/mol. The van der Waals surface area contributed by atoms with E-state index in [9.17, 15) is 14.4 Å². The van der Waals surface area contributed by atoms with Gasteiger partial charge >= 0.3 is 6.03 Å². The molecule has 2 aromatic carbocycles. The number of benzene rings is 2. The molecule has 1 aliphatic rings. The summed E-state index contributed by atoms with van der Waals surface area (Å²) < 4.78 is 5.42. The molecule has 0 unspecified atom stereocenters. The molecule has 1 fully saturated rings. The number of Topliss-reactive ketones (excluding diaryl/α,β-unsaturated/α-hetero) is 1. The van der Waals surface area contributed by atoms with Gasteiger partial charge in [-0.25, -0.2) is 4.79 Å². The molecule has 1 aromatic heterocycles. The zero-order valence-electron chi connectivity index (χ0n) is 22.8. The number of anilines is 3. The fraction of sp³-hybridized carbons (Fsp3) is 0.333. The van der Waals surface area contributed by atoms with Crippen molar-refractivity contribution in [1.82, 2.24) is 14.8 Å². The fourth-order valence-electron chi connectivity index (χ4n) is 4.40. The van der Waals surface area contributed by atoms with Crippen LogP contribution < -0.4 is 16.4 Å². The van der Waals surface area contributed by atoms with E-state index in [2.05, 4.69) is 20.5 Å². The van der Waals surface area contributed by atoms with Crippen molar-refractivity contribution in [1.29, 1.82) is 0 Å². The lowest BCUT2D eigenvalue weighted by Crippen LogP contribution is -2.38. The Morgan fingerprint density at radius 2 is 1.80 bits per heavy atom. The zero-order valence-corrected chi connectivity index (χ0v) is 22.8. The summed E-state index contributed by atoms with van der Waals surface area (Å²) in [5, 5.41) is 5.69. The quantitative estimate of drug-likeness (QED) is 0.187. The zero-order chi connectivity index (χ0) is 28.3. The third-order valence-corrected chi connectivity index (χ3v) is 6.70. The summed E-state index contributed by atoms with van der Waals surface area (Å²) in [6.45, 7) is 6.68. The first-order valence-corrected chi connectivity index (χ1v) is 13.5. The molecule has 0 aliphatic carbocycles. The highest BCUT2D eigenvalue weighted by Gasteiger charge is 2.17. The second kappa shape index (κ2) is 14.2. The lowest BCUT2D eigenvalue weighted by molar-refractivity contribution is 0.0370.